The Morgan fingerprint density at radius 3 is 2.45 bits per heavy atom. The summed E-state index contributed by atoms with van der Waals surface area (Å²) >= 11 is 0. The van der Waals surface area contributed by atoms with E-state index < -0.39 is 0 Å². The first kappa shape index (κ1) is 4.83. The molecule has 8 unspecified atom stereocenters. The van der Waals surface area contributed by atoms with Gasteiger partial charge in [0.05, 0.1) is 0 Å². The number of hydrogen-bond acceptors (Lipinski definition) is 2. The van der Waals surface area contributed by atoms with E-state index in [-0.39, 0.29) is 11.1 Å². The Bertz CT molecular complexity index is 311. The predicted octanol–water partition coefficient (Wildman–Crippen LogP) is -0.463. The molecule has 4 N–H and O–H groups in total. The van der Waals surface area contributed by atoms with Crippen LogP contribution in [0.2, 0.25) is 0 Å². The lowest BCUT2D eigenvalue weighted by atomic mass is 9.14. The SMILES string of the molecule is NC12C3CC4C5C3C1C5(N)C42. The fourth-order valence-electron chi connectivity index (χ4n) is 6.24. The van der Waals surface area contributed by atoms with E-state index in [0.29, 0.717) is 0 Å². The van der Waals surface area contributed by atoms with Gasteiger partial charge in [0.15, 0.2) is 0 Å². The minimum absolute atomic E-state index is 0.277. The van der Waals surface area contributed by atoms with Crippen molar-refractivity contribution in [1.29, 1.82) is 0 Å². The normalized spacial score (nSPS) is 96.5. The summed E-state index contributed by atoms with van der Waals surface area (Å²) in [5, 5.41) is 0. The quantitative estimate of drug-likeness (QED) is 0.488. The lowest BCUT2D eigenvalue weighted by Gasteiger charge is -2.93. The molecule has 0 aliphatic heterocycles. The molecule has 0 aromatic rings. The largest absolute Gasteiger partial charge is 0.324 e. The molecule has 2 bridgehead atoms. The maximum atomic E-state index is 6.34. The molecular weight excluding hydrogens is 136 g/mol. The molecule has 6 saturated carbocycles. The van der Waals surface area contributed by atoms with Crippen molar-refractivity contribution in [1.82, 2.24) is 0 Å². The van der Waals surface area contributed by atoms with Crippen LogP contribution in [0, 0.1) is 35.5 Å². The molecular formula is C9H12N2. The van der Waals surface area contributed by atoms with Gasteiger partial charge in [-0.2, -0.15) is 0 Å². The van der Waals surface area contributed by atoms with Crippen molar-refractivity contribution < 1.29 is 0 Å². The Morgan fingerprint density at radius 1 is 1.09 bits per heavy atom. The highest BCUT2D eigenvalue weighted by molar-refractivity contribution is 5.55. The average molecular weight is 148 g/mol. The Hall–Kier alpha value is -0.0800. The Balaban J connectivity index is 1.89. The molecule has 0 heterocycles. The summed E-state index contributed by atoms with van der Waals surface area (Å²) < 4.78 is 0. The van der Waals surface area contributed by atoms with E-state index in [0.717, 1.165) is 35.5 Å². The zero-order valence-corrected chi connectivity index (χ0v) is 6.33. The second-order valence-electron chi connectivity index (χ2n) is 5.56. The van der Waals surface area contributed by atoms with E-state index in [4.69, 9.17) is 11.5 Å². The van der Waals surface area contributed by atoms with E-state index in [1.54, 1.807) is 0 Å². The monoisotopic (exact) mass is 148 g/mol. The fraction of sp³-hybridized carbons (Fsp3) is 1.00. The third-order valence-corrected chi connectivity index (χ3v) is 6.05. The van der Waals surface area contributed by atoms with E-state index in [9.17, 15) is 0 Å². The fourth-order valence-corrected chi connectivity index (χ4v) is 6.24. The topological polar surface area (TPSA) is 52.0 Å². The highest BCUT2D eigenvalue weighted by Gasteiger charge is 3.01. The average Bonchev–Trinajstić information content (AvgIpc) is 2.13. The highest BCUT2D eigenvalue weighted by Crippen LogP contribution is 2.95. The van der Waals surface area contributed by atoms with Crippen molar-refractivity contribution in [3.05, 3.63) is 0 Å². The summed E-state index contributed by atoms with van der Waals surface area (Å²) in [4.78, 5) is 0. The Morgan fingerprint density at radius 2 is 1.91 bits per heavy atom. The summed E-state index contributed by atoms with van der Waals surface area (Å²) in [5.74, 6) is 5.37. The summed E-state index contributed by atoms with van der Waals surface area (Å²) in [6, 6.07) is 0. The smallest absolute Gasteiger partial charge is 0.0287 e. The summed E-state index contributed by atoms with van der Waals surface area (Å²) in [7, 11) is 0. The number of rotatable bonds is 0. The molecule has 0 amide bonds. The van der Waals surface area contributed by atoms with Crippen LogP contribution >= 0.6 is 0 Å². The molecule has 6 rings (SSSR count). The third kappa shape index (κ3) is 0.173. The van der Waals surface area contributed by atoms with Crippen LogP contribution in [-0.4, -0.2) is 11.1 Å². The van der Waals surface area contributed by atoms with Gasteiger partial charge < -0.3 is 11.5 Å². The number of nitrogens with two attached hydrogens (primary N) is 2. The standard InChI is InChI=1S/C9H12N2/c10-8-3-1-2-5-4(3)7(8)9(5,11)6(2)8/h2-7H,1,10-11H2. The summed E-state index contributed by atoms with van der Waals surface area (Å²) in [5.41, 5.74) is 13.2. The van der Waals surface area contributed by atoms with Crippen LogP contribution in [0.5, 0.6) is 0 Å². The Kier molecular flexibility index (Phi) is 0.362. The van der Waals surface area contributed by atoms with Crippen LogP contribution in [0.3, 0.4) is 0 Å². The molecule has 0 aromatic heterocycles. The van der Waals surface area contributed by atoms with Gasteiger partial charge in [0.2, 0.25) is 0 Å². The van der Waals surface area contributed by atoms with Gasteiger partial charge in [-0.1, -0.05) is 0 Å². The molecule has 8 atom stereocenters. The van der Waals surface area contributed by atoms with Gasteiger partial charge in [-0.15, -0.1) is 0 Å². The summed E-state index contributed by atoms with van der Waals surface area (Å²) in [6.45, 7) is 0. The van der Waals surface area contributed by atoms with Gasteiger partial charge >= 0.3 is 0 Å². The first-order valence-electron chi connectivity index (χ1n) is 4.79. The van der Waals surface area contributed by atoms with Crippen molar-refractivity contribution in [3.8, 4) is 0 Å². The van der Waals surface area contributed by atoms with Crippen molar-refractivity contribution in [2.24, 2.45) is 47.0 Å². The van der Waals surface area contributed by atoms with Crippen LogP contribution in [-0.2, 0) is 0 Å². The molecule has 0 aromatic carbocycles. The molecule has 0 spiro atoms. The number of hydrogen-bond donors (Lipinski definition) is 2. The van der Waals surface area contributed by atoms with Gasteiger partial charge in [-0.25, -0.2) is 0 Å². The molecule has 2 heteroatoms. The Labute approximate surface area is 65.3 Å². The zero-order chi connectivity index (χ0) is 7.17. The zero-order valence-electron chi connectivity index (χ0n) is 6.33. The highest BCUT2D eigenvalue weighted by atomic mass is 15.2. The molecule has 11 heavy (non-hydrogen) atoms. The van der Waals surface area contributed by atoms with E-state index >= 15 is 0 Å². The summed E-state index contributed by atoms with van der Waals surface area (Å²) in [6.07, 6.45) is 1.44. The van der Waals surface area contributed by atoms with Crippen molar-refractivity contribution in [2.45, 2.75) is 17.5 Å². The van der Waals surface area contributed by atoms with Crippen molar-refractivity contribution in [3.63, 3.8) is 0 Å². The first-order chi connectivity index (χ1) is 5.22. The maximum absolute atomic E-state index is 6.34. The second-order valence-corrected chi connectivity index (χ2v) is 5.56. The predicted molar refractivity (Wildman–Crippen MR) is 39.4 cm³/mol. The lowest BCUT2D eigenvalue weighted by Crippen LogP contribution is -3.05. The lowest BCUT2D eigenvalue weighted by molar-refractivity contribution is -0.402. The van der Waals surface area contributed by atoms with Crippen LogP contribution in [0.25, 0.3) is 0 Å². The third-order valence-electron chi connectivity index (χ3n) is 6.05. The molecule has 2 nitrogen and oxygen atoms in total. The van der Waals surface area contributed by atoms with Crippen LogP contribution in [0.1, 0.15) is 6.42 Å². The van der Waals surface area contributed by atoms with Crippen molar-refractivity contribution in [2.75, 3.05) is 0 Å². The van der Waals surface area contributed by atoms with Crippen LogP contribution in [0.4, 0.5) is 0 Å². The van der Waals surface area contributed by atoms with Gasteiger partial charge in [-0.3, -0.25) is 0 Å². The first-order valence-corrected chi connectivity index (χ1v) is 4.79. The van der Waals surface area contributed by atoms with Gasteiger partial charge in [0, 0.05) is 11.1 Å². The molecule has 6 aliphatic carbocycles. The minimum atomic E-state index is 0.277. The molecule has 58 valence electrons. The molecule has 6 aliphatic rings. The van der Waals surface area contributed by atoms with Crippen molar-refractivity contribution >= 4 is 0 Å². The van der Waals surface area contributed by atoms with Gasteiger partial charge in [-0.05, 0) is 41.9 Å². The van der Waals surface area contributed by atoms with E-state index in [1.165, 1.54) is 6.42 Å². The van der Waals surface area contributed by atoms with Crippen LogP contribution in [0.15, 0.2) is 0 Å². The second kappa shape index (κ2) is 0.826. The van der Waals surface area contributed by atoms with Gasteiger partial charge in [0.25, 0.3) is 0 Å². The molecule has 0 saturated heterocycles. The van der Waals surface area contributed by atoms with E-state index in [1.807, 2.05) is 0 Å². The minimum Gasteiger partial charge on any atom is -0.324 e. The van der Waals surface area contributed by atoms with Crippen LogP contribution < -0.4 is 11.5 Å². The molecule has 0 radical (unpaired) electrons. The van der Waals surface area contributed by atoms with E-state index in [2.05, 4.69) is 0 Å². The van der Waals surface area contributed by atoms with Gasteiger partial charge in [0.1, 0.15) is 0 Å². The molecule has 6 fully saturated rings. The maximum Gasteiger partial charge on any atom is 0.0287 e.